The molecule has 0 aliphatic carbocycles. The summed E-state index contributed by atoms with van der Waals surface area (Å²) in [7, 11) is 0. The number of rotatable bonds is 5. The lowest BCUT2D eigenvalue weighted by Gasteiger charge is -1.97. The van der Waals surface area contributed by atoms with Gasteiger partial charge in [0.25, 0.3) is 0 Å². The van der Waals surface area contributed by atoms with Crippen LogP contribution in [0.2, 0.25) is 5.02 Å². The lowest BCUT2D eigenvalue weighted by atomic mass is 10.4. The summed E-state index contributed by atoms with van der Waals surface area (Å²) in [6, 6.07) is 1.97. The molecule has 0 unspecified atom stereocenters. The largest absolute Gasteiger partial charge is 0.311 e. The highest BCUT2D eigenvalue weighted by molar-refractivity contribution is 7.20. The average molecular weight is 273 g/mol. The number of halogens is 1. The topological polar surface area (TPSA) is 24.9 Å². The van der Waals surface area contributed by atoms with Crippen LogP contribution in [-0.4, -0.2) is 11.5 Å². The van der Waals surface area contributed by atoms with Gasteiger partial charge in [0.1, 0.15) is 5.01 Å². The lowest BCUT2D eigenvalue weighted by molar-refractivity contribution is 0.667. The molecule has 86 valence electrons. The molecule has 2 rings (SSSR count). The van der Waals surface area contributed by atoms with Crippen LogP contribution in [0.1, 0.15) is 19.0 Å². The van der Waals surface area contributed by atoms with E-state index in [9.17, 15) is 0 Å². The zero-order chi connectivity index (χ0) is 11.4. The van der Waals surface area contributed by atoms with E-state index in [2.05, 4.69) is 22.6 Å². The smallest absolute Gasteiger partial charge is 0.133 e. The predicted octanol–water partition coefficient (Wildman–Crippen LogP) is 4.02. The molecule has 0 atom stereocenters. The molecule has 1 N–H and O–H groups in total. The van der Waals surface area contributed by atoms with Gasteiger partial charge in [-0.1, -0.05) is 18.5 Å². The lowest BCUT2D eigenvalue weighted by Crippen LogP contribution is -2.13. The maximum absolute atomic E-state index is 5.89. The Balaban J connectivity index is 2.02. The van der Waals surface area contributed by atoms with Crippen molar-refractivity contribution in [1.82, 2.24) is 10.3 Å². The summed E-state index contributed by atoms with van der Waals surface area (Å²) in [4.78, 5) is 5.72. The normalized spacial score (nSPS) is 10.9. The van der Waals surface area contributed by atoms with Gasteiger partial charge in [0, 0.05) is 17.3 Å². The van der Waals surface area contributed by atoms with Crippen molar-refractivity contribution in [3.05, 3.63) is 27.5 Å². The quantitative estimate of drug-likeness (QED) is 0.832. The third kappa shape index (κ3) is 3.04. The van der Waals surface area contributed by atoms with Crippen LogP contribution in [-0.2, 0) is 6.54 Å². The molecule has 16 heavy (non-hydrogen) atoms. The predicted molar refractivity (Wildman–Crippen MR) is 72.4 cm³/mol. The Bertz CT molecular complexity index is 450. The summed E-state index contributed by atoms with van der Waals surface area (Å²) < 4.78 is 0. The maximum Gasteiger partial charge on any atom is 0.133 e. The van der Waals surface area contributed by atoms with E-state index < -0.39 is 0 Å². The van der Waals surface area contributed by atoms with Crippen molar-refractivity contribution in [1.29, 1.82) is 0 Å². The van der Waals surface area contributed by atoms with Crippen molar-refractivity contribution in [2.24, 2.45) is 0 Å². The molecule has 0 saturated heterocycles. The molecule has 0 aliphatic heterocycles. The van der Waals surface area contributed by atoms with E-state index in [4.69, 9.17) is 11.6 Å². The maximum atomic E-state index is 5.89. The molecule has 0 fully saturated rings. The fourth-order valence-electron chi connectivity index (χ4n) is 1.32. The molecule has 0 bridgehead atoms. The molecule has 2 heterocycles. The molecular formula is C11H13ClN2S2. The summed E-state index contributed by atoms with van der Waals surface area (Å²) >= 11 is 9.21. The van der Waals surface area contributed by atoms with Crippen LogP contribution >= 0.6 is 34.3 Å². The summed E-state index contributed by atoms with van der Waals surface area (Å²) in [5.41, 5.74) is 1.11. The molecule has 2 aromatic heterocycles. The highest BCUT2D eigenvalue weighted by Crippen LogP contribution is 2.31. The zero-order valence-electron chi connectivity index (χ0n) is 9.00. The van der Waals surface area contributed by atoms with Gasteiger partial charge in [0.2, 0.25) is 0 Å². The summed E-state index contributed by atoms with van der Waals surface area (Å²) in [5.74, 6) is 0. The summed E-state index contributed by atoms with van der Waals surface area (Å²) in [6.07, 6.45) is 1.15. The van der Waals surface area contributed by atoms with Crippen LogP contribution < -0.4 is 5.32 Å². The Morgan fingerprint density at radius 1 is 1.38 bits per heavy atom. The first kappa shape index (κ1) is 12.0. The fraction of sp³-hybridized carbons (Fsp3) is 0.364. The van der Waals surface area contributed by atoms with Crippen LogP contribution in [0.25, 0.3) is 9.88 Å². The van der Waals surface area contributed by atoms with E-state index >= 15 is 0 Å². The van der Waals surface area contributed by atoms with E-state index in [0.717, 1.165) is 40.1 Å². The highest BCUT2D eigenvalue weighted by atomic mass is 35.5. The minimum Gasteiger partial charge on any atom is -0.311 e. The van der Waals surface area contributed by atoms with E-state index in [1.807, 2.05) is 11.4 Å². The standard InChI is InChI=1S/C11H13ClN2S2/c1-2-3-13-5-9-7-16-11(14-9)10-4-8(12)6-15-10/h4,6-7,13H,2-3,5H2,1H3. The summed E-state index contributed by atoms with van der Waals surface area (Å²) in [5, 5.41) is 9.24. The van der Waals surface area contributed by atoms with Crippen molar-refractivity contribution in [2.45, 2.75) is 19.9 Å². The molecular weight excluding hydrogens is 260 g/mol. The van der Waals surface area contributed by atoms with E-state index in [1.165, 1.54) is 0 Å². The third-order valence-electron chi connectivity index (χ3n) is 2.06. The number of aromatic nitrogens is 1. The second kappa shape index (κ2) is 5.77. The van der Waals surface area contributed by atoms with Crippen molar-refractivity contribution >= 4 is 34.3 Å². The summed E-state index contributed by atoms with van der Waals surface area (Å²) in [6.45, 7) is 4.05. The number of hydrogen-bond donors (Lipinski definition) is 1. The number of nitrogens with zero attached hydrogens (tertiary/aromatic N) is 1. The molecule has 5 heteroatoms. The first-order valence-electron chi connectivity index (χ1n) is 5.19. The number of thiophene rings is 1. The molecule has 0 aliphatic rings. The Morgan fingerprint density at radius 2 is 2.25 bits per heavy atom. The second-order valence-corrected chi connectivity index (χ2v) is 5.66. The monoisotopic (exact) mass is 272 g/mol. The molecule has 0 aromatic carbocycles. The average Bonchev–Trinajstić information content (AvgIpc) is 2.87. The molecule has 0 saturated carbocycles. The van der Waals surface area contributed by atoms with Gasteiger partial charge in [-0.05, 0) is 19.0 Å². The Hall–Kier alpha value is -0.420. The van der Waals surface area contributed by atoms with Gasteiger partial charge >= 0.3 is 0 Å². The number of nitrogens with one attached hydrogen (secondary N) is 1. The minimum atomic E-state index is 0.792. The Labute approximate surface area is 108 Å². The van der Waals surface area contributed by atoms with E-state index in [1.54, 1.807) is 22.7 Å². The third-order valence-corrected chi connectivity index (χ3v) is 4.40. The highest BCUT2D eigenvalue weighted by Gasteiger charge is 2.06. The van der Waals surface area contributed by atoms with Gasteiger partial charge in [-0.3, -0.25) is 0 Å². The number of hydrogen-bond acceptors (Lipinski definition) is 4. The van der Waals surface area contributed by atoms with Crippen molar-refractivity contribution in [2.75, 3.05) is 6.54 Å². The van der Waals surface area contributed by atoms with Gasteiger partial charge in [0.05, 0.1) is 15.6 Å². The molecule has 0 amide bonds. The molecule has 2 nitrogen and oxygen atoms in total. The van der Waals surface area contributed by atoms with Crippen LogP contribution in [0.4, 0.5) is 0 Å². The fourth-order valence-corrected chi connectivity index (χ4v) is 3.29. The SMILES string of the molecule is CCCNCc1csc(-c2cc(Cl)cs2)n1. The second-order valence-electron chi connectivity index (χ2n) is 3.45. The van der Waals surface area contributed by atoms with Crippen LogP contribution in [0, 0.1) is 0 Å². The van der Waals surface area contributed by atoms with Gasteiger partial charge in [-0.15, -0.1) is 22.7 Å². The Kier molecular flexibility index (Phi) is 4.35. The van der Waals surface area contributed by atoms with Crippen molar-refractivity contribution < 1.29 is 0 Å². The zero-order valence-corrected chi connectivity index (χ0v) is 11.4. The molecule has 0 spiro atoms. The van der Waals surface area contributed by atoms with E-state index in [0.29, 0.717) is 0 Å². The van der Waals surface area contributed by atoms with Gasteiger partial charge in [-0.25, -0.2) is 4.98 Å². The van der Waals surface area contributed by atoms with Gasteiger partial charge in [-0.2, -0.15) is 0 Å². The minimum absolute atomic E-state index is 0.792. The van der Waals surface area contributed by atoms with Crippen LogP contribution in [0.15, 0.2) is 16.8 Å². The van der Waals surface area contributed by atoms with Crippen LogP contribution in [0.5, 0.6) is 0 Å². The van der Waals surface area contributed by atoms with Crippen molar-refractivity contribution in [3.63, 3.8) is 0 Å². The number of thiazole rings is 1. The molecule has 0 radical (unpaired) electrons. The van der Waals surface area contributed by atoms with E-state index in [-0.39, 0.29) is 0 Å². The Morgan fingerprint density at radius 3 is 2.94 bits per heavy atom. The first-order valence-corrected chi connectivity index (χ1v) is 7.33. The molecule has 2 aromatic rings. The van der Waals surface area contributed by atoms with Crippen molar-refractivity contribution in [3.8, 4) is 9.88 Å². The van der Waals surface area contributed by atoms with Crippen LogP contribution in [0.3, 0.4) is 0 Å². The van der Waals surface area contributed by atoms with Gasteiger partial charge in [0.15, 0.2) is 0 Å². The first-order chi connectivity index (χ1) is 7.79. The van der Waals surface area contributed by atoms with Gasteiger partial charge < -0.3 is 5.32 Å².